The van der Waals surface area contributed by atoms with Gasteiger partial charge in [-0.25, -0.2) is 0 Å². The molecular weight excluding hydrogens is 332 g/mol. The summed E-state index contributed by atoms with van der Waals surface area (Å²) in [5, 5.41) is 12.1. The molecule has 0 unspecified atom stereocenters. The molecule has 23 heavy (non-hydrogen) atoms. The molecule has 0 saturated carbocycles. The molecule has 0 aliphatic heterocycles. The Hall–Kier alpha value is -2.16. The van der Waals surface area contributed by atoms with Crippen molar-refractivity contribution in [2.24, 2.45) is 5.92 Å². The van der Waals surface area contributed by atoms with E-state index in [4.69, 9.17) is 11.6 Å². The first-order valence-electron chi connectivity index (χ1n) is 7.06. The second-order valence-corrected chi connectivity index (χ2v) is 6.51. The number of hydrogen-bond acceptors (Lipinski definition) is 4. The van der Waals surface area contributed by atoms with Crippen LogP contribution in [0.25, 0.3) is 0 Å². The summed E-state index contributed by atoms with van der Waals surface area (Å²) in [6, 6.07) is 10.2. The predicted octanol–water partition coefficient (Wildman–Crippen LogP) is 4.23. The van der Waals surface area contributed by atoms with Crippen molar-refractivity contribution in [3.63, 3.8) is 0 Å². The second kappa shape index (κ2) is 7.40. The van der Waals surface area contributed by atoms with Gasteiger partial charge in [-0.05, 0) is 37.1 Å². The van der Waals surface area contributed by atoms with Gasteiger partial charge in [0.05, 0.1) is 21.7 Å². The number of nitrogens with zero attached hydrogens (tertiary/aromatic N) is 1. The van der Waals surface area contributed by atoms with Gasteiger partial charge < -0.3 is 5.32 Å². The van der Waals surface area contributed by atoms with E-state index in [1.54, 1.807) is 36.4 Å². The molecule has 0 bridgehead atoms. The molecule has 0 aliphatic rings. The van der Waals surface area contributed by atoms with Crippen molar-refractivity contribution in [3.05, 3.63) is 50.7 Å². The molecule has 1 aromatic carbocycles. The van der Waals surface area contributed by atoms with Gasteiger partial charge in [-0.2, -0.15) is 5.26 Å². The second-order valence-electron chi connectivity index (χ2n) is 4.97. The summed E-state index contributed by atoms with van der Waals surface area (Å²) in [4.78, 5) is 26.2. The average Bonchev–Trinajstić information content (AvgIpc) is 2.91. The molecule has 1 amide bonds. The van der Waals surface area contributed by atoms with Gasteiger partial charge in [0.1, 0.15) is 0 Å². The third-order valence-electron chi connectivity index (χ3n) is 3.37. The molecule has 1 heterocycles. The Kier molecular flexibility index (Phi) is 5.54. The molecule has 0 aliphatic carbocycles. The molecule has 1 aromatic heterocycles. The zero-order chi connectivity index (χ0) is 17.0. The first-order valence-corrected chi connectivity index (χ1v) is 8.25. The van der Waals surface area contributed by atoms with Crippen LogP contribution in [-0.4, -0.2) is 11.7 Å². The molecule has 0 fully saturated rings. The molecule has 6 heteroatoms. The number of ketones is 1. The van der Waals surface area contributed by atoms with Crippen molar-refractivity contribution in [1.82, 2.24) is 0 Å². The van der Waals surface area contributed by atoms with Crippen LogP contribution in [0.3, 0.4) is 0 Å². The lowest BCUT2D eigenvalue weighted by atomic mass is 10.0. The summed E-state index contributed by atoms with van der Waals surface area (Å²) < 4.78 is 0. The SMILES string of the molecule is CCc1sc(C(=O)[C@H](C#N)C(=O)Nc2ccccc2Cl)cc1C. The maximum absolute atomic E-state index is 12.5. The van der Waals surface area contributed by atoms with Crippen molar-refractivity contribution in [1.29, 1.82) is 5.26 Å². The Labute approximate surface area is 143 Å². The van der Waals surface area contributed by atoms with Crippen molar-refractivity contribution < 1.29 is 9.59 Å². The minimum Gasteiger partial charge on any atom is -0.323 e. The topological polar surface area (TPSA) is 70.0 Å². The lowest BCUT2D eigenvalue weighted by molar-refractivity contribution is -0.117. The molecule has 2 rings (SSSR count). The number of hydrogen-bond donors (Lipinski definition) is 1. The summed E-state index contributed by atoms with van der Waals surface area (Å²) in [6.07, 6.45) is 0.812. The number of nitriles is 1. The molecule has 1 atom stereocenters. The van der Waals surface area contributed by atoms with Crippen molar-refractivity contribution in [3.8, 4) is 6.07 Å². The zero-order valence-electron chi connectivity index (χ0n) is 12.7. The highest BCUT2D eigenvalue weighted by molar-refractivity contribution is 7.14. The first kappa shape index (κ1) is 17.2. The van der Waals surface area contributed by atoms with Crippen LogP contribution in [-0.2, 0) is 11.2 Å². The maximum atomic E-state index is 12.5. The fraction of sp³-hybridized carbons (Fsp3) is 0.235. The monoisotopic (exact) mass is 346 g/mol. The molecule has 2 aromatic rings. The number of benzene rings is 1. The Morgan fingerprint density at radius 1 is 1.39 bits per heavy atom. The number of rotatable bonds is 5. The van der Waals surface area contributed by atoms with E-state index >= 15 is 0 Å². The van der Waals surface area contributed by atoms with E-state index in [-0.39, 0.29) is 0 Å². The number of halogens is 1. The number of carbonyl (C=O) groups is 2. The lowest BCUT2D eigenvalue weighted by Crippen LogP contribution is -2.28. The van der Waals surface area contributed by atoms with Crippen LogP contribution >= 0.6 is 22.9 Å². The van der Waals surface area contributed by atoms with Gasteiger partial charge in [0.25, 0.3) is 0 Å². The van der Waals surface area contributed by atoms with Gasteiger partial charge in [0.15, 0.2) is 11.7 Å². The Bertz CT molecular complexity index is 792. The number of amides is 1. The number of carbonyl (C=O) groups excluding carboxylic acids is 2. The van der Waals surface area contributed by atoms with Crippen LogP contribution < -0.4 is 5.32 Å². The van der Waals surface area contributed by atoms with Gasteiger partial charge in [-0.1, -0.05) is 30.7 Å². The van der Waals surface area contributed by atoms with Gasteiger partial charge >= 0.3 is 0 Å². The summed E-state index contributed by atoms with van der Waals surface area (Å²) in [5.74, 6) is -2.55. The molecule has 0 spiro atoms. The number of thiophene rings is 1. The van der Waals surface area contributed by atoms with Gasteiger partial charge in [0.2, 0.25) is 5.91 Å². The molecule has 0 saturated heterocycles. The lowest BCUT2D eigenvalue weighted by Gasteiger charge is -2.09. The number of para-hydroxylation sites is 1. The highest BCUT2D eigenvalue weighted by Crippen LogP contribution is 2.26. The van der Waals surface area contributed by atoms with Crippen LogP contribution in [0.2, 0.25) is 5.02 Å². The van der Waals surface area contributed by atoms with E-state index in [0.29, 0.717) is 15.6 Å². The van der Waals surface area contributed by atoms with Gasteiger partial charge in [0, 0.05) is 4.88 Å². The minimum absolute atomic E-state index is 0.352. The standard InChI is InChI=1S/C17H15ClN2O2S/c1-3-14-10(2)8-15(23-14)16(21)11(9-19)17(22)20-13-7-5-4-6-12(13)18/h4-8,11H,3H2,1-2H3,(H,20,22)/t11-/m0/s1. The summed E-state index contributed by atoms with van der Waals surface area (Å²) in [7, 11) is 0. The van der Waals surface area contributed by atoms with Gasteiger partial charge in [-0.3, -0.25) is 9.59 Å². The molecule has 0 radical (unpaired) electrons. The highest BCUT2D eigenvalue weighted by Gasteiger charge is 2.29. The fourth-order valence-electron chi connectivity index (χ4n) is 2.14. The Morgan fingerprint density at radius 3 is 2.65 bits per heavy atom. The largest absolute Gasteiger partial charge is 0.323 e. The number of Topliss-reactive ketones (excluding diaryl/α,β-unsaturated/α-hetero) is 1. The van der Waals surface area contributed by atoms with E-state index in [1.807, 2.05) is 13.8 Å². The molecule has 118 valence electrons. The Morgan fingerprint density at radius 2 is 2.09 bits per heavy atom. The predicted molar refractivity (Wildman–Crippen MR) is 91.9 cm³/mol. The number of nitrogens with one attached hydrogen (secondary N) is 1. The van der Waals surface area contributed by atoms with E-state index < -0.39 is 17.6 Å². The number of anilines is 1. The van der Waals surface area contributed by atoms with E-state index in [0.717, 1.165) is 16.9 Å². The van der Waals surface area contributed by atoms with Crippen molar-refractivity contribution in [2.75, 3.05) is 5.32 Å². The van der Waals surface area contributed by atoms with E-state index in [2.05, 4.69) is 5.32 Å². The normalized spacial score (nSPS) is 11.6. The fourth-order valence-corrected chi connectivity index (χ4v) is 3.41. The Balaban J connectivity index is 2.21. The van der Waals surface area contributed by atoms with Crippen LogP contribution in [0.5, 0.6) is 0 Å². The van der Waals surface area contributed by atoms with Crippen LogP contribution in [0.1, 0.15) is 27.0 Å². The van der Waals surface area contributed by atoms with Crippen LogP contribution in [0, 0.1) is 24.2 Å². The van der Waals surface area contributed by atoms with Crippen molar-refractivity contribution >= 4 is 40.3 Å². The maximum Gasteiger partial charge on any atom is 0.249 e. The minimum atomic E-state index is -1.39. The summed E-state index contributed by atoms with van der Waals surface area (Å²) >= 11 is 7.31. The molecule has 1 N–H and O–H groups in total. The zero-order valence-corrected chi connectivity index (χ0v) is 14.3. The highest BCUT2D eigenvalue weighted by atomic mass is 35.5. The summed E-state index contributed by atoms with van der Waals surface area (Å²) in [6.45, 7) is 3.91. The quantitative estimate of drug-likeness (QED) is 0.650. The van der Waals surface area contributed by atoms with Crippen LogP contribution in [0.15, 0.2) is 30.3 Å². The third kappa shape index (κ3) is 3.79. The average molecular weight is 347 g/mol. The smallest absolute Gasteiger partial charge is 0.249 e. The van der Waals surface area contributed by atoms with Crippen molar-refractivity contribution in [2.45, 2.75) is 20.3 Å². The van der Waals surface area contributed by atoms with E-state index in [9.17, 15) is 14.9 Å². The molecular formula is C17H15ClN2O2S. The third-order valence-corrected chi connectivity index (χ3v) is 5.10. The number of aryl methyl sites for hydroxylation is 2. The summed E-state index contributed by atoms with van der Waals surface area (Å²) in [5.41, 5.74) is 1.38. The molecule has 4 nitrogen and oxygen atoms in total. The van der Waals surface area contributed by atoms with E-state index in [1.165, 1.54) is 11.3 Å². The van der Waals surface area contributed by atoms with Gasteiger partial charge in [-0.15, -0.1) is 11.3 Å². The van der Waals surface area contributed by atoms with Crippen LogP contribution in [0.4, 0.5) is 5.69 Å². The first-order chi connectivity index (χ1) is 11.0.